The summed E-state index contributed by atoms with van der Waals surface area (Å²) in [4.78, 5) is 13.6. The summed E-state index contributed by atoms with van der Waals surface area (Å²) in [7, 11) is 0. The first-order valence-corrected chi connectivity index (χ1v) is 5.30. The van der Waals surface area contributed by atoms with Crippen LogP contribution in [-0.4, -0.2) is 43.4 Å². The molecule has 0 amide bonds. The Morgan fingerprint density at radius 1 is 1.75 bits per heavy atom. The Morgan fingerprint density at radius 3 is 3.12 bits per heavy atom. The van der Waals surface area contributed by atoms with Crippen molar-refractivity contribution in [3.63, 3.8) is 0 Å². The Balaban J connectivity index is 2.39. The molecule has 1 rings (SSSR count). The molecule has 7 nitrogen and oxygen atoms in total. The van der Waals surface area contributed by atoms with Gasteiger partial charge in [-0.25, -0.2) is 0 Å². The van der Waals surface area contributed by atoms with Crippen LogP contribution >= 0.6 is 0 Å². The zero-order valence-corrected chi connectivity index (χ0v) is 9.00. The number of ether oxygens (including phenoxy) is 1. The molecule has 1 aliphatic rings. The standard InChI is InChI=1S/C9H16N4O3/c10-13-12-4-3-11-8(9(14)15)7-2-1-5-16-6-7/h7-8,11H,1-6H2,(H,14,15). The molecule has 2 atom stereocenters. The van der Waals surface area contributed by atoms with Crippen molar-refractivity contribution in [1.29, 1.82) is 0 Å². The van der Waals surface area contributed by atoms with Crippen LogP contribution < -0.4 is 5.32 Å². The zero-order chi connectivity index (χ0) is 11.8. The minimum absolute atomic E-state index is 0.00249. The number of nitrogens with one attached hydrogen (secondary N) is 1. The van der Waals surface area contributed by atoms with E-state index in [0.29, 0.717) is 19.8 Å². The van der Waals surface area contributed by atoms with Crippen molar-refractivity contribution in [3.05, 3.63) is 10.4 Å². The second-order valence-electron chi connectivity index (χ2n) is 3.70. The van der Waals surface area contributed by atoms with E-state index < -0.39 is 12.0 Å². The highest BCUT2D eigenvalue weighted by Gasteiger charge is 2.29. The molecule has 2 unspecified atom stereocenters. The quantitative estimate of drug-likeness (QED) is 0.303. The highest BCUT2D eigenvalue weighted by atomic mass is 16.5. The summed E-state index contributed by atoms with van der Waals surface area (Å²) in [6.07, 6.45) is 1.75. The van der Waals surface area contributed by atoms with Gasteiger partial charge in [0.1, 0.15) is 6.04 Å². The van der Waals surface area contributed by atoms with E-state index in [4.69, 9.17) is 15.4 Å². The molecule has 90 valence electrons. The van der Waals surface area contributed by atoms with Crippen LogP contribution in [0.5, 0.6) is 0 Å². The molecule has 1 fully saturated rings. The number of azide groups is 1. The van der Waals surface area contributed by atoms with Crippen LogP contribution in [0.1, 0.15) is 12.8 Å². The van der Waals surface area contributed by atoms with E-state index in [1.54, 1.807) is 0 Å². The van der Waals surface area contributed by atoms with Gasteiger partial charge in [0, 0.05) is 30.5 Å². The zero-order valence-electron chi connectivity index (χ0n) is 9.00. The maximum atomic E-state index is 11.0. The Bertz CT molecular complexity index is 272. The van der Waals surface area contributed by atoms with E-state index >= 15 is 0 Å². The van der Waals surface area contributed by atoms with E-state index in [0.717, 1.165) is 12.8 Å². The molecule has 0 bridgehead atoms. The lowest BCUT2D eigenvalue weighted by Gasteiger charge is -2.28. The van der Waals surface area contributed by atoms with Crippen molar-refractivity contribution < 1.29 is 14.6 Å². The van der Waals surface area contributed by atoms with Crippen LogP contribution in [0.3, 0.4) is 0 Å². The first-order valence-electron chi connectivity index (χ1n) is 5.30. The third-order valence-corrected chi connectivity index (χ3v) is 2.57. The van der Waals surface area contributed by atoms with Gasteiger partial charge in [0.05, 0.1) is 6.61 Å². The minimum atomic E-state index is -0.878. The number of carbonyl (C=O) groups is 1. The summed E-state index contributed by atoms with van der Waals surface area (Å²) in [6, 6.07) is -0.616. The Kier molecular flexibility index (Phi) is 5.63. The summed E-state index contributed by atoms with van der Waals surface area (Å²) in [5.41, 5.74) is 8.08. The average Bonchev–Trinajstić information content (AvgIpc) is 2.30. The molecule has 0 aromatic carbocycles. The van der Waals surface area contributed by atoms with Gasteiger partial charge in [-0.3, -0.25) is 4.79 Å². The van der Waals surface area contributed by atoms with Gasteiger partial charge in [0.15, 0.2) is 0 Å². The summed E-state index contributed by atoms with van der Waals surface area (Å²) < 4.78 is 5.26. The molecule has 0 aliphatic carbocycles. The third kappa shape index (κ3) is 4.06. The van der Waals surface area contributed by atoms with Crippen LogP contribution in [0.25, 0.3) is 10.4 Å². The first-order chi connectivity index (χ1) is 7.75. The van der Waals surface area contributed by atoms with Crippen molar-refractivity contribution in [1.82, 2.24) is 5.32 Å². The molecule has 0 spiro atoms. The van der Waals surface area contributed by atoms with E-state index in [1.807, 2.05) is 0 Å². The van der Waals surface area contributed by atoms with Crippen LogP contribution in [0.15, 0.2) is 5.11 Å². The fourth-order valence-corrected chi connectivity index (χ4v) is 1.80. The Morgan fingerprint density at radius 2 is 2.56 bits per heavy atom. The van der Waals surface area contributed by atoms with E-state index in [1.165, 1.54) is 0 Å². The molecular weight excluding hydrogens is 212 g/mol. The van der Waals surface area contributed by atoms with Crippen LogP contribution in [0.4, 0.5) is 0 Å². The molecule has 1 heterocycles. The lowest BCUT2D eigenvalue weighted by Crippen LogP contribution is -2.46. The number of hydrogen-bond donors (Lipinski definition) is 2. The summed E-state index contributed by atoms with van der Waals surface area (Å²) >= 11 is 0. The normalized spacial score (nSPS) is 22.1. The first kappa shape index (κ1) is 12.8. The summed E-state index contributed by atoms with van der Waals surface area (Å²) in [5.74, 6) is -0.881. The smallest absolute Gasteiger partial charge is 0.321 e. The third-order valence-electron chi connectivity index (χ3n) is 2.57. The lowest BCUT2D eigenvalue weighted by molar-refractivity contribution is -0.142. The molecule has 1 saturated heterocycles. The number of hydrogen-bond acceptors (Lipinski definition) is 4. The largest absolute Gasteiger partial charge is 0.480 e. The molecule has 1 aliphatic heterocycles. The molecular formula is C9H16N4O3. The van der Waals surface area contributed by atoms with Crippen LogP contribution in [-0.2, 0) is 9.53 Å². The Hall–Kier alpha value is -1.30. The Labute approximate surface area is 93.4 Å². The molecule has 0 radical (unpaired) electrons. The second-order valence-corrected chi connectivity index (χ2v) is 3.70. The molecule has 7 heteroatoms. The predicted octanol–water partition coefficient (Wildman–Crippen LogP) is 0.766. The molecule has 16 heavy (non-hydrogen) atoms. The van der Waals surface area contributed by atoms with E-state index in [9.17, 15) is 4.79 Å². The van der Waals surface area contributed by atoms with E-state index in [2.05, 4.69) is 15.3 Å². The second kappa shape index (κ2) is 7.05. The average molecular weight is 228 g/mol. The topological polar surface area (TPSA) is 107 Å². The number of aliphatic carboxylic acids is 1. The van der Waals surface area contributed by atoms with Gasteiger partial charge in [-0.1, -0.05) is 5.11 Å². The monoisotopic (exact) mass is 228 g/mol. The maximum absolute atomic E-state index is 11.0. The van der Waals surface area contributed by atoms with Gasteiger partial charge >= 0.3 is 5.97 Å². The summed E-state index contributed by atoms with van der Waals surface area (Å²) in [6.45, 7) is 1.82. The van der Waals surface area contributed by atoms with Gasteiger partial charge in [-0.2, -0.15) is 0 Å². The van der Waals surface area contributed by atoms with Gasteiger partial charge in [0.2, 0.25) is 0 Å². The highest BCUT2D eigenvalue weighted by Crippen LogP contribution is 2.17. The van der Waals surface area contributed by atoms with Crippen molar-refractivity contribution in [2.45, 2.75) is 18.9 Å². The molecule has 0 saturated carbocycles. The van der Waals surface area contributed by atoms with E-state index in [-0.39, 0.29) is 12.5 Å². The highest BCUT2D eigenvalue weighted by molar-refractivity contribution is 5.73. The van der Waals surface area contributed by atoms with Gasteiger partial charge < -0.3 is 15.2 Å². The minimum Gasteiger partial charge on any atom is -0.480 e. The van der Waals surface area contributed by atoms with Crippen LogP contribution in [0, 0.1) is 5.92 Å². The van der Waals surface area contributed by atoms with Gasteiger partial charge in [0.25, 0.3) is 0 Å². The van der Waals surface area contributed by atoms with Crippen molar-refractivity contribution >= 4 is 5.97 Å². The molecule has 0 aromatic rings. The van der Waals surface area contributed by atoms with Gasteiger partial charge in [-0.15, -0.1) is 0 Å². The lowest BCUT2D eigenvalue weighted by atomic mass is 9.94. The maximum Gasteiger partial charge on any atom is 0.321 e. The predicted molar refractivity (Wildman–Crippen MR) is 57.0 cm³/mol. The fraction of sp³-hybridized carbons (Fsp3) is 0.889. The summed E-state index contributed by atoms with van der Waals surface area (Å²) in [5, 5.41) is 15.3. The number of carboxylic acids is 1. The van der Waals surface area contributed by atoms with Crippen molar-refractivity contribution in [2.24, 2.45) is 11.0 Å². The number of rotatable bonds is 6. The van der Waals surface area contributed by atoms with Crippen molar-refractivity contribution in [2.75, 3.05) is 26.3 Å². The number of nitrogens with zero attached hydrogens (tertiary/aromatic N) is 3. The fourth-order valence-electron chi connectivity index (χ4n) is 1.80. The molecule has 0 aromatic heterocycles. The van der Waals surface area contributed by atoms with Crippen LogP contribution in [0.2, 0.25) is 0 Å². The number of carboxylic acid groups (broad SMARTS) is 1. The molecule has 2 N–H and O–H groups in total. The van der Waals surface area contributed by atoms with Gasteiger partial charge in [-0.05, 0) is 18.4 Å². The SMILES string of the molecule is [N-]=[N+]=NCCNC(C(=O)O)C1CCCOC1. The van der Waals surface area contributed by atoms with Crippen molar-refractivity contribution in [3.8, 4) is 0 Å².